The highest BCUT2D eigenvalue weighted by Gasteiger charge is 2.30. The fraction of sp³-hybridized carbons (Fsp3) is 0.522. The molecule has 0 bridgehead atoms. The van der Waals surface area contributed by atoms with E-state index in [1.165, 1.54) is 30.8 Å². The van der Waals surface area contributed by atoms with Crippen LogP contribution in [0.15, 0.2) is 29.3 Å². The first-order chi connectivity index (χ1) is 17.4. The molecule has 1 rings (SSSR count). The maximum Gasteiger partial charge on any atom is 0.326 e. The molecular weight excluding hydrogens is 502 g/mol. The van der Waals surface area contributed by atoms with Gasteiger partial charge >= 0.3 is 5.97 Å². The minimum atomic E-state index is -1.25. The molecule has 3 amide bonds. The van der Waals surface area contributed by atoms with Crippen LogP contribution < -0.4 is 33.2 Å². The van der Waals surface area contributed by atoms with E-state index in [9.17, 15) is 29.4 Å². The van der Waals surface area contributed by atoms with Crippen LogP contribution in [0.4, 0.5) is 0 Å². The first-order valence-corrected chi connectivity index (χ1v) is 13.1. The summed E-state index contributed by atoms with van der Waals surface area (Å²) in [4.78, 5) is 53.9. The van der Waals surface area contributed by atoms with E-state index in [1.807, 2.05) is 6.26 Å². The summed E-state index contributed by atoms with van der Waals surface area (Å²) in [6, 6.07) is 1.82. The number of rotatable bonds is 16. The van der Waals surface area contributed by atoms with Crippen molar-refractivity contribution in [3.63, 3.8) is 0 Å². The third-order valence-corrected chi connectivity index (χ3v) is 5.87. The van der Waals surface area contributed by atoms with E-state index >= 15 is 0 Å². The van der Waals surface area contributed by atoms with Crippen molar-refractivity contribution in [1.82, 2.24) is 16.0 Å². The van der Waals surface area contributed by atoms with Crippen LogP contribution in [0.25, 0.3) is 0 Å². The Kier molecular flexibility index (Phi) is 13.9. The number of guanidine groups is 1. The molecule has 0 fully saturated rings. The second kappa shape index (κ2) is 16.3. The van der Waals surface area contributed by atoms with Gasteiger partial charge in [-0.15, -0.1) is 0 Å². The van der Waals surface area contributed by atoms with Crippen LogP contribution in [-0.4, -0.2) is 82.6 Å². The number of thioether (sulfide) groups is 1. The monoisotopic (exact) mass is 539 g/mol. The van der Waals surface area contributed by atoms with Crippen LogP contribution in [0.5, 0.6) is 5.75 Å². The zero-order valence-corrected chi connectivity index (χ0v) is 21.8. The van der Waals surface area contributed by atoms with E-state index < -0.39 is 47.9 Å². The number of nitrogens with two attached hydrogens (primary N) is 3. The van der Waals surface area contributed by atoms with Gasteiger partial charge in [0.15, 0.2) is 5.96 Å². The zero-order chi connectivity index (χ0) is 28.0. The van der Waals surface area contributed by atoms with Gasteiger partial charge in [-0.25, -0.2) is 4.79 Å². The van der Waals surface area contributed by atoms with Gasteiger partial charge < -0.3 is 43.4 Å². The van der Waals surface area contributed by atoms with E-state index in [4.69, 9.17) is 17.2 Å². The summed E-state index contributed by atoms with van der Waals surface area (Å²) < 4.78 is 0. The maximum absolute atomic E-state index is 13.2. The summed E-state index contributed by atoms with van der Waals surface area (Å²) >= 11 is 1.48. The number of aliphatic imine (C=N–C) groups is 1. The van der Waals surface area contributed by atoms with Crippen molar-refractivity contribution >= 4 is 41.4 Å². The lowest BCUT2D eigenvalue weighted by Gasteiger charge is -2.25. The number of phenols is 1. The smallest absolute Gasteiger partial charge is 0.326 e. The van der Waals surface area contributed by atoms with Gasteiger partial charge in [0.1, 0.15) is 23.9 Å². The second-order valence-electron chi connectivity index (χ2n) is 8.41. The largest absolute Gasteiger partial charge is 0.508 e. The highest BCUT2D eigenvalue weighted by atomic mass is 32.2. The lowest BCUT2D eigenvalue weighted by atomic mass is 10.0. The number of carbonyl (C=O) groups is 4. The lowest BCUT2D eigenvalue weighted by Crippen LogP contribution is -2.57. The number of amides is 3. The molecule has 13 nitrogen and oxygen atoms in total. The Morgan fingerprint density at radius 1 is 0.946 bits per heavy atom. The van der Waals surface area contributed by atoms with Crippen molar-refractivity contribution in [2.45, 2.75) is 56.8 Å². The van der Waals surface area contributed by atoms with Gasteiger partial charge in [-0.1, -0.05) is 12.1 Å². The van der Waals surface area contributed by atoms with Crippen molar-refractivity contribution in [2.75, 3.05) is 18.6 Å². The summed E-state index contributed by atoms with van der Waals surface area (Å²) in [6.45, 7) is 1.67. The molecule has 0 aliphatic heterocycles. The van der Waals surface area contributed by atoms with E-state index in [1.54, 1.807) is 12.1 Å². The standard InChI is InChI=1S/C23H37N7O6S/c1-13(24)19(32)28-16(9-11-37-2)20(33)30-18(12-14-5-7-15(31)8-6-14)21(34)29-17(22(35)36)4-3-10-27-23(25)26/h5-8,13,16-18,31H,3-4,9-12,24H2,1-2H3,(H,28,32)(H,29,34)(H,30,33)(H,35,36)(H4,25,26,27). The van der Waals surface area contributed by atoms with Crippen LogP contribution in [-0.2, 0) is 25.6 Å². The third kappa shape index (κ3) is 12.3. The number of nitrogens with one attached hydrogen (secondary N) is 3. The van der Waals surface area contributed by atoms with Gasteiger partial charge in [-0.2, -0.15) is 11.8 Å². The average Bonchev–Trinajstić information content (AvgIpc) is 2.83. The van der Waals surface area contributed by atoms with Crippen LogP contribution in [0.3, 0.4) is 0 Å². The van der Waals surface area contributed by atoms with Crippen LogP contribution in [0.2, 0.25) is 0 Å². The molecule has 0 aliphatic rings. The van der Waals surface area contributed by atoms with Crippen LogP contribution in [0, 0.1) is 0 Å². The van der Waals surface area contributed by atoms with E-state index in [0.29, 0.717) is 24.2 Å². The van der Waals surface area contributed by atoms with Crippen molar-refractivity contribution in [3.05, 3.63) is 29.8 Å². The van der Waals surface area contributed by atoms with Crippen LogP contribution >= 0.6 is 11.8 Å². The lowest BCUT2D eigenvalue weighted by molar-refractivity contribution is -0.142. The molecule has 0 spiro atoms. The molecule has 11 N–H and O–H groups in total. The maximum atomic E-state index is 13.2. The number of aliphatic carboxylic acids is 1. The number of aromatic hydroxyl groups is 1. The fourth-order valence-electron chi connectivity index (χ4n) is 3.19. The van der Waals surface area contributed by atoms with Gasteiger partial charge in [0, 0.05) is 13.0 Å². The molecule has 37 heavy (non-hydrogen) atoms. The van der Waals surface area contributed by atoms with E-state index in [2.05, 4.69) is 20.9 Å². The van der Waals surface area contributed by atoms with E-state index in [-0.39, 0.29) is 31.1 Å². The molecule has 4 unspecified atom stereocenters. The summed E-state index contributed by atoms with van der Waals surface area (Å²) in [5, 5.41) is 26.8. The first kappa shape index (κ1) is 31.5. The summed E-state index contributed by atoms with van der Waals surface area (Å²) in [7, 11) is 0. The second-order valence-corrected chi connectivity index (χ2v) is 9.40. The number of nitrogens with zero attached hydrogens (tertiary/aromatic N) is 1. The van der Waals surface area contributed by atoms with Gasteiger partial charge in [-0.05, 0) is 55.9 Å². The summed E-state index contributed by atoms with van der Waals surface area (Å²) in [5.74, 6) is -2.65. The van der Waals surface area contributed by atoms with Gasteiger partial charge in [0.05, 0.1) is 6.04 Å². The van der Waals surface area contributed by atoms with Gasteiger partial charge in [0.25, 0.3) is 0 Å². The molecule has 1 aromatic carbocycles. The predicted octanol–water partition coefficient (Wildman–Crippen LogP) is -1.37. The minimum Gasteiger partial charge on any atom is -0.508 e. The number of carboxylic acids is 1. The molecule has 206 valence electrons. The molecule has 4 atom stereocenters. The number of phenolic OH excluding ortho intramolecular Hbond substituents is 1. The Balaban J connectivity index is 3.08. The molecule has 0 radical (unpaired) electrons. The van der Waals surface area contributed by atoms with Crippen molar-refractivity contribution in [1.29, 1.82) is 0 Å². The molecule has 0 heterocycles. The SMILES string of the molecule is CSCCC(NC(=O)C(C)N)C(=O)NC(Cc1ccc(O)cc1)C(=O)NC(CCCN=C(N)N)C(=O)O. The Morgan fingerprint density at radius 3 is 2.05 bits per heavy atom. The normalized spacial score (nSPS) is 13.9. The quantitative estimate of drug-likeness (QED) is 0.0696. The van der Waals surface area contributed by atoms with Crippen molar-refractivity contribution in [2.24, 2.45) is 22.2 Å². The topological polar surface area (TPSA) is 235 Å². The highest BCUT2D eigenvalue weighted by molar-refractivity contribution is 7.98. The van der Waals surface area contributed by atoms with Gasteiger partial charge in [-0.3, -0.25) is 19.4 Å². The number of hydrogen-bond donors (Lipinski definition) is 8. The molecule has 0 saturated heterocycles. The number of hydrogen-bond acceptors (Lipinski definition) is 8. The number of carbonyl (C=O) groups excluding carboxylic acids is 3. The zero-order valence-electron chi connectivity index (χ0n) is 21.0. The fourth-order valence-corrected chi connectivity index (χ4v) is 3.66. The Hall–Kier alpha value is -3.52. The molecule has 0 aromatic heterocycles. The highest BCUT2D eigenvalue weighted by Crippen LogP contribution is 2.12. The van der Waals surface area contributed by atoms with Gasteiger partial charge in [0.2, 0.25) is 17.7 Å². The van der Waals surface area contributed by atoms with Crippen molar-refractivity contribution in [3.8, 4) is 5.75 Å². The van der Waals surface area contributed by atoms with Crippen LogP contribution in [0.1, 0.15) is 31.7 Å². The molecule has 0 aliphatic carbocycles. The molecular formula is C23H37N7O6S. The first-order valence-electron chi connectivity index (χ1n) is 11.7. The Bertz CT molecular complexity index is 938. The minimum absolute atomic E-state index is 0.00861. The molecule has 14 heteroatoms. The number of carboxylic acid groups (broad SMARTS) is 1. The third-order valence-electron chi connectivity index (χ3n) is 5.23. The summed E-state index contributed by atoms with van der Waals surface area (Å²) in [5.41, 5.74) is 16.8. The Labute approximate surface area is 220 Å². The Morgan fingerprint density at radius 2 is 1.51 bits per heavy atom. The predicted molar refractivity (Wildman–Crippen MR) is 142 cm³/mol. The molecule has 1 aromatic rings. The van der Waals surface area contributed by atoms with Crippen molar-refractivity contribution < 1.29 is 29.4 Å². The molecule has 0 saturated carbocycles. The van der Waals surface area contributed by atoms with E-state index in [0.717, 1.165) is 0 Å². The number of benzene rings is 1. The summed E-state index contributed by atoms with van der Waals surface area (Å²) in [6.07, 6.45) is 2.50. The average molecular weight is 540 g/mol.